The van der Waals surface area contributed by atoms with Crippen molar-refractivity contribution >= 4 is 28.9 Å². The lowest BCUT2D eigenvalue weighted by Crippen LogP contribution is -2.27. The second kappa shape index (κ2) is 7.66. The number of amides is 1. The Morgan fingerprint density at radius 2 is 1.91 bits per heavy atom. The third kappa shape index (κ3) is 4.64. The fourth-order valence-electron chi connectivity index (χ4n) is 1.69. The largest absolute Gasteiger partial charge is 0.352 e. The fraction of sp³-hybridized carbons (Fsp3) is 0.417. The first-order valence-corrected chi connectivity index (χ1v) is 6.67. The van der Waals surface area contributed by atoms with Crippen LogP contribution in [0.5, 0.6) is 0 Å². The number of nitrogens with zero attached hydrogens (tertiary/aromatic N) is 3. The van der Waals surface area contributed by atoms with Crippen LogP contribution in [0, 0.1) is 20.2 Å². The Morgan fingerprint density at radius 3 is 2.41 bits per heavy atom. The van der Waals surface area contributed by atoms with Crippen molar-refractivity contribution in [3.8, 4) is 0 Å². The highest BCUT2D eigenvalue weighted by molar-refractivity contribution is 6.36. The minimum Gasteiger partial charge on any atom is -0.352 e. The molecule has 0 aliphatic heterocycles. The van der Waals surface area contributed by atoms with Crippen LogP contribution in [0.4, 0.5) is 11.4 Å². The van der Waals surface area contributed by atoms with Crippen molar-refractivity contribution in [3.05, 3.63) is 42.9 Å². The molecular formula is C12H15ClN4O5. The molecule has 0 unspecified atom stereocenters. The first-order valence-electron chi connectivity index (χ1n) is 6.29. The lowest BCUT2D eigenvalue weighted by atomic mass is 10.1. The van der Waals surface area contributed by atoms with E-state index in [9.17, 15) is 25.0 Å². The van der Waals surface area contributed by atoms with Crippen molar-refractivity contribution in [1.29, 1.82) is 0 Å². The summed E-state index contributed by atoms with van der Waals surface area (Å²) >= 11 is 5.81. The molecule has 0 spiro atoms. The molecular weight excluding hydrogens is 316 g/mol. The van der Waals surface area contributed by atoms with Gasteiger partial charge in [-0.3, -0.25) is 25.0 Å². The third-order valence-corrected chi connectivity index (χ3v) is 3.16. The Labute approximate surface area is 131 Å². The zero-order valence-electron chi connectivity index (χ0n) is 12.0. The van der Waals surface area contributed by atoms with E-state index in [0.717, 1.165) is 18.7 Å². The monoisotopic (exact) mass is 330 g/mol. The molecule has 1 N–H and O–H groups in total. The van der Waals surface area contributed by atoms with E-state index in [4.69, 9.17) is 11.6 Å². The second-order valence-electron chi connectivity index (χ2n) is 4.75. The van der Waals surface area contributed by atoms with Crippen LogP contribution in [0.25, 0.3) is 0 Å². The molecule has 0 atom stereocenters. The summed E-state index contributed by atoms with van der Waals surface area (Å²) in [6.07, 6.45) is 0.660. The predicted octanol–water partition coefficient (Wildman–Crippen LogP) is 1.84. The van der Waals surface area contributed by atoms with Gasteiger partial charge in [0.2, 0.25) is 0 Å². The number of non-ortho nitro benzene ring substituents is 1. The van der Waals surface area contributed by atoms with E-state index >= 15 is 0 Å². The number of hydrogen-bond donors (Lipinski definition) is 1. The maximum absolute atomic E-state index is 12.0. The summed E-state index contributed by atoms with van der Waals surface area (Å²) in [5.41, 5.74) is -1.52. The van der Waals surface area contributed by atoms with Gasteiger partial charge in [-0.2, -0.15) is 0 Å². The van der Waals surface area contributed by atoms with Gasteiger partial charge in [-0.05, 0) is 27.1 Å². The molecule has 120 valence electrons. The summed E-state index contributed by atoms with van der Waals surface area (Å²) in [5.74, 6) is -0.685. The highest BCUT2D eigenvalue weighted by atomic mass is 35.5. The van der Waals surface area contributed by atoms with Gasteiger partial charge in [0, 0.05) is 12.6 Å². The van der Waals surface area contributed by atoms with Crippen molar-refractivity contribution in [2.45, 2.75) is 6.42 Å². The van der Waals surface area contributed by atoms with Crippen molar-refractivity contribution in [1.82, 2.24) is 10.2 Å². The summed E-state index contributed by atoms with van der Waals surface area (Å²) in [5, 5.41) is 23.8. The van der Waals surface area contributed by atoms with Crippen LogP contribution >= 0.6 is 11.6 Å². The van der Waals surface area contributed by atoms with Crippen LogP contribution in [-0.4, -0.2) is 47.8 Å². The van der Waals surface area contributed by atoms with Crippen molar-refractivity contribution in [2.75, 3.05) is 27.2 Å². The van der Waals surface area contributed by atoms with Gasteiger partial charge in [-0.1, -0.05) is 11.6 Å². The van der Waals surface area contributed by atoms with E-state index in [1.54, 1.807) is 0 Å². The zero-order valence-corrected chi connectivity index (χ0v) is 12.8. The number of nitro benzene ring substituents is 2. The number of carbonyl (C=O) groups is 1. The molecule has 0 aromatic heterocycles. The van der Waals surface area contributed by atoms with Gasteiger partial charge in [0.05, 0.1) is 21.5 Å². The molecule has 10 heteroatoms. The quantitative estimate of drug-likeness (QED) is 0.463. The Bertz CT molecular complexity index is 605. The molecule has 9 nitrogen and oxygen atoms in total. The highest BCUT2D eigenvalue weighted by Crippen LogP contribution is 2.32. The van der Waals surface area contributed by atoms with E-state index < -0.39 is 32.2 Å². The van der Waals surface area contributed by atoms with Crippen LogP contribution in [0.3, 0.4) is 0 Å². The standard InChI is InChI=1S/C12H15ClN4O5/c1-15(2)5-3-4-14-12(18)9-6-8(16(19)20)7-10(11(9)13)17(21)22/h6-7H,3-5H2,1-2H3,(H,14,18). The maximum Gasteiger partial charge on any atom is 0.295 e. The third-order valence-electron chi connectivity index (χ3n) is 2.76. The minimum absolute atomic E-state index is 0.285. The zero-order chi connectivity index (χ0) is 16.9. The Kier molecular flexibility index (Phi) is 6.20. The Hall–Kier alpha value is -2.26. The van der Waals surface area contributed by atoms with E-state index in [2.05, 4.69) is 5.32 Å². The lowest BCUT2D eigenvalue weighted by molar-refractivity contribution is -0.394. The van der Waals surface area contributed by atoms with Gasteiger partial charge in [0.15, 0.2) is 0 Å². The van der Waals surface area contributed by atoms with Gasteiger partial charge >= 0.3 is 0 Å². The van der Waals surface area contributed by atoms with Crippen LogP contribution in [0.1, 0.15) is 16.8 Å². The highest BCUT2D eigenvalue weighted by Gasteiger charge is 2.26. The molecule has 0 aliphatic rings. The van der Waals surface area contributed by atoms with Gasteiger partial charge in [-0.25, -0.2) is 0 Å². The number of hydrogen-bond acceptors (Lipinski definition) is 6. The summed E-state index contributed by atoms with van der Waals surface area (Å²) in [6.45, 7) is 1.06. The van der Waals surface area contributed by atoms with Gasteiger partial charge in [0.1, 0.15) is 5.02 Å². The number of rotatable bonds is 7. The summed E-state index contributed by atoms with van der Waals surface area (Å²) in [4.78, 5) is 33.9. The molecule has 0 bridgehead atoms. The van der Waals surface area contributed by atoms with Gasteiger partial charge in [-0.15, -0.1) is 0 Å². The van der Waals surface area contributed by atoms with E-state index in [1.165, 1.54) is 0 Å². The molecule has 22 heavy (non-hydrogen) atoms. The molecule has 0 fully saturated rings. The molecule has 1 amide bonds. The van der Waals surface area contributed by atoms with Gasteiger partial charge < -0.3 is 10.2 Å². The van der Waals surface area contributed by atoms with E-state index in [-0.39, 0.29) is 5.56 Å². The first kappa shape index (κ1) is 17.8. The summed E-state index contributed by atoms with van der Waals surface area (Å²) in [7, 11) is 3.76. The predicted molar refractivity (Wildman–Crippen MR) is 80.3 cm³/mol. The number of halogens is 1. The van der Waals surface area contributed by atoms with Crippen molar-refractivity contribution in [3.63, 3.8) is 0 Å². The summed E-state index contributed by atoms with van der Waals surface area (Å²) < 4.78 is 0. The second-order valence-corrected chi connectivity index (χ2v) is 5.13. The molecule has 0 radical (unpaired) electrons. The number of benzene rings is 1. The molecule has 0 saturated heterocycles. The molecule has 0 saturated carbocycles. The topological polar surface area (TPSA) is 119 Å². The molecule has 1 aromatic carbocycles. The number of carbonyl (C=O) groups excluding carboxylic acids is 1. The summed E-state index contributed by atoms with van der Waals surface area (Å²) in [6, 6.07) is 1.65. The molecule has 0 aliphatic carbocycles. The molecule has 1 aromatic rings. The van der Waals surface area contributed by atoms with E-state index in [0.29, 0.717) is 13.0 Å². The van der Waals surface area contributed by atoms with Crippen LogP contribution in [-0.2, 0) is 0 Å². The average molecular weight is 331 g/mol. The maximum atomic E-state index is 12.0. The fourth-order valence-corrected chi connectivity index (χ4v) is 1.95. The van der Waals surface area contributed by atoms with Crippen LogP contribution in [0.2, 0.25) is 5.02 Å². The smallest absolute Gasteiger partial charge is 0.295 e. The van der Waals surface area contributed by atoms with Crippen molar-refractivity contribution in [2.24, 2.45) is 0 Å². The number of nitrogens with one attached hydrogen (secondary N) is 1. The SMILES string of the molecule is CN(C)CCCNC(=O)c1cc([N+](=O)[O-])cc([N+](=O)[O-])c1Cl. The lowest BCUT2D eigenvalue weighted by Gasteiger charge is -2.10. The normalized spacial score (nSPS) is 10.5. The number of nitro groups is 2. The van der Waals surface area contributed by atoms with Crippen molar-refractivity contribution < 1.29 is 14.6 Å². The Balaban J connectivity index is 2.99. The first-order chi connectivity index (χ1) is 10.2. The Morgan fingerprint density at radius 1 is 1.27 bits per heavy atom. The van der Waals surface area contributed by atoms with Gasteiger partial charge in [0.25, 0.3) is 17.3 Å². The van der Waals surface area contributed by atoms with Crippen LogP contribution in [0.15, 0.2) is 12.1 Å². The average Bonchev–Trinajstić information content (AvgIpc) is 2.42. The van der Waals surface area contributed by atoms with Crippen LogP contribution < -0.4 is 5.32 Å². The minimum atomic E-state index is -0.863. The van der Waals surface area contributed by atoms with E-state index in [1.807, 2.05) is 19.0 Å². The molecule has 0 heterocycles. The molecule has 1 rings (SSSR count).